The number of aliphatic hydroxyl groups is 1. The van der Waals surface area contributed by atoms with Gasteiger partial charge in [-0.1, -0.05) is 117 Å². The van der Waals surface area contributed by atoms with Crippen molar-refractivity contribution in [2.45, 2.75) is 70.3 Å². The summed E-state index contributed by atoms with van der Waals surface area (Å²) in [5.41, 5.74) is 6.77. The van der Waals surface area contributed by atoms with Gasteiger partial charge in [-0.2, -0.15) is 0 Å². The van der Waals surface area contributed by atoms with Crippen LogP contribution in [0.25, 0.3) is 11.1 Å². The minimum Gasteiger partial charge on any atom is -0.392 e. The maximum Gasteiger partial charge on any atom is 0.251 e. The molecule has 2 N–H and O–H groups in total. The average Bonchev–Trinajstić information content (AvgIpc) is 3.67. The van der Waals surface area contributed by atoms with Crippen molar-refractivity contribution in [2.24, 2.45) is 5.92 Å². The molecule has 0 unspecified atom stereocenters. The van der Waals surface area contributed by atoms with Gasteiger partial charge in [0.05, 0.1) is 18.8 Å². The van der Waals surface area contributed by atoms with Gasteiger partial charge in [0.25, 0.3) is 5.91 Å². The van der Waals surface area contributed by atoms with E-state index in [9.17, 15) is 9.90 Å². The predicted octanol–water partition coefficient (Wildman–Crippen LogP) is 8.00. The first-order valence-electron chi connectivity index (χ1n) is 16.9. The van der Waals surface area contributed by atoms with E-state index in [2.05, 4.69) is 72.3 Å². The highest BCUT2D eigenvalue weighted by Gasteiger charge is 2.40. The molecular weight excluding hydrogens is 584 g/mol. The Bertz CT molecular complexity index is 1600. The number of hydrogen-bond donors (Lipinski definition) is 2. The van der Waals surface area contributed by atoms with Gasteiger partial charge in [-0.25, -0.2) is 0 Å². The molecule has 1 aliphatic carbocycles. The molecule has 4 atom stereocenters. The molecule has 4 aromatic carbocycles. The van der Waals surface area contributed by atoms with Crippen LogP contribution >= 0.6 is 0 Å². The average molecular weight is 631 g/mol. The molecular formula is C41H46N2O4. The number of carbonyl (C=O) groups is 1. The maximum atomic E-state index is 12.7. The molecule has 6 rings (SSSR count). The molecule has 0 radical (unpaired) electrons. The first-order chi connectivity index (χ1) is 23.0. The molecule has 1 amide bonds. The van der Waals surface area contributed by atoms with E-state index in [-0.39, 0.29) is 30.6 Å². The van der Waals surface area contributed by atoms with Gasteiger partial charge in [0.15, 0.2) is 6.29 Å². The van der Waals surface area contributed by atoms with Crippen LogP contribution in [0.2, 0.25) is 0 Å². The summed E-state index contributed by atoms with van der Waals surface area (Å²) in [6.07, 6.45) is 6.29. The van der Waals surface area contributed by atoms with E-state index in [1.807, 2.05) is 60.7 Å². The van der Waals surface area contributed by atoms with Crippen molar-refractivity contribution < 1.29 is 19.4 Å². The highest BCUT2D eigenvalue weighted by molar-refractivity contribution is 5.94. The molecule has 244 valence electrons. The van der Waals surface area contributed by atoms with Crippen LogP contribution in [0.5, 0.6) is 0 Å². The summed E-state index contributed by atoms with van der Waals surface area (Å²) in [6.45, 7) is 8.39. The van der Waals surface area contributed by atoms with E-state index in [0.29, 0.717) is 18.2 Å². The van der Waals surface area contributed by atoms with Gasteiger partial charge in [-0.15, -0.1) is 6.58 Å². The van der Waals surface area contributed by atoms with E-state index in [0.717, 1.165) is 46.5 Å². The first-order valence-corrected chi connectivity index (χ1v) is 16.9. The van der Waals surface area contributed by atoms with Crippen molar-refractivity contribution in [1.82, 2.24) is 10.2 Å². The molecule has 1 saturated heterocycles. The van der Waals surface area contributed by atoms with Crippen LogP contribution in [-0.4, -0.2) is 41.1 Å². The highest BCUT2D eigenvalue weighted by atomic mass is 16.7. The third kappa shape index (κ3) is 7.91. The van der Waals surface area contributed by atoms with Crippen molar-refractivity contribution >= 4 is 5.91 Å². The standard InChI is InChI=1S/C41H46N2O4/c1-3-25-43(36-14-8-9-15-36)27-38-29(2)39(32-19-17-30(28-44)18-20-32)47-41(46-38)34-23-21-31(22-24-34)37-16-10-7-13-35(37)26-42-40(45)33-11-5-4-6-12-33/h3-7,10-13,16-24,29,36,38-39,41,44H,1,8-9,14-15,25-28H2,2H3,(H,42,45)/t29-,38+,39+,41+/m1/s1. The Morgan fingerprint density at radius 2 is 1.57 bits per heavy atom. The smallest absolute Gasteiger partial charge is 0.251 e. The summed E-state index contributed by atoms with van der Waals surface area (Å²) >= 11 is 0. The fourth-order valence-electron chi connectivity index (χ4n) is 7.01. The number of rotatable bonds is 12. The Labute approximate surface area is 279 Å². The van der Waals surface area contributed by atoms with Gasteiger partial charge in [0.2, 0.25) is 0 Å². The molecule has 1 aliphatic heterocycles. The quantitative estimate of drug-likeness (QED) is 0.155. The number of aliphatic hydroxyl groups excluding tert-OH is 1. The fourth-order valence-corrected chi connectivity index (χ4v) is 7.01. The lowest BCUT2D eigenvalue weighted by Crippen LogP contribution is -2.47. The van der Waals surface area contributed by atoms with Crippen molar-refractivity contribution in [3.8, 4) is 11.1 Å². The van der Waals surface area contributed by atoms with Crippen molar-refractivity contribution in [1.29, 1.82) is 0 Å². The number of hydrogen-bond acceptors (Lipinski definition) is 5. The van der Waals surface area contributed by atoms with Crippen LogP contribution < -0.4 is 5.32 Å². The Balaban J connectivity index is 1.23. The van der Waals surface area contributed by atoms with Gasteiger partial charge in [-0.3, -0.25) is 9.69 Å². The summed E-state index contributed by atoms with van der Waals surface area (Å²) in [7, 11) is 0. The number of benzene rings is 4. The number of nitrogens with zero attached hydrogens (tertiary/aromatic N) is 1. The number of carbonyl (C=O) groups excluding carboxylic acids is 1. The topological polar surface area (TPSA) is 71.0 Å². The van der Waals surface area contributed by atoms with E-state index < -0.39 is 6.29 Å². The van der Waals surface area contributed by atoms with Crippen LogP contribution in [0.4, 0.5) is 0 Å². The Morgan fingerprint density at radius 3 is 2.28 bits per heavy atom. The molecule has 1 heterocycles. The summed E-state index contributed by atoms with van der Waals surface area (Å²) in [5.74, 6) is 0.0310. The van der Waals surface area contributed by atoms with Crippen molar-refractivity contribution in [3.05, 3.63) is 144 Å². The molecule has 0 bridgehead atoms. The Morgan fingerprint density at radius 1 is 0.894 bits per heavy atom. The van der Waals surface area contributed by atoms with Crippen molar-refractivity contribution in [3.63, 3.8) is 0 Å². The molecule has 0 aromatic heterocycles. The van der Waals surface area contributed by atoms with Gasteiger partial charge < -0.3 is 19.9 Å². The summed E-state index contributed by atoms with van der Waals surface area (Å²) in [6, 6.07) is 34.5. The van der Waals surface area contributed by atoms with Crippen LogP contribution in [0.1, 0.15) is 77.6 Å². The predicted molar refractivity (Wildman–Crippen MR) is 186 cm³/mol. The first kappa shape index (κ1) is 32.9. The Hall–Kier alpha value is -4.07. The lowest BCUT2D eigenvalue weighted by molar-refractivity contribution is -0.276. The number of nitrogens with one attached hydrogen (secondary N) is 1. The van der Waals surface area contributed by atoms with Crippen LogP contribution in [0, 0.1) is 5.92 Å². The van der Waals surface area contributed by atoms with Crippen molar-refractivity contribution in [2.75, 3.05) is 13.1 Å². The van der Waals surface area contributed by atoms with Gasteiger partial charge in [0, 0.05) is 42.7 Å². The second-order valence-corrected chi connectivity index (χ2v) is 12.8. The maximum absolute atomic E-state index is 12.7. The molecule has 6 heteroatoms. The number of amides is 1. The third-order valence-electron chi connectivity index (χ3n) is 9.73. The van der Waals surface area contributed by atoms with Crippen LogP contribution in [0.15, 0.2) is 116 Å². The van der Waals surface area contributed by atoms with E-state index in [1.165, 1.54) is 25.7 Å². The highest BCUT2D eigenvalue weighted by Crippen LogP contribution is 2.42. The van der Waals surface area contributed by atoms with E-state index in [4.69, 9.17) is 9.47 Å². The fraction of sp³-hybridized carbons (Fsp3) is 0.341. The monoisotopic (exact) mass is 630 g/mol. The van der Waals surface area contributed by atoms with Gasteiger partial charge >= 0.3 is 0 Å². The molecule has 47 heavy (non-hydrogen) atoms. The van der Waals surface area contributed by atoms with Gasteiger partial charge in [0.1, 0.15) is 0 Å². The lowest BCUT2D eigenvalue weighted by Gasteiger charge is -2.43. The summed E-state index contributed by atoms with van der Waals surface area (Å²) in [5, 5.41) is 12.7. The zero-order valence-electron chi connectivity index (χ0n) is 27.3. The minimum absolute atomic E-state index is 0.0164. The van der Waals surface area contributed by atoms with Crippen LogP contribution in [0.3, 0.4) is 0 Å². The minimum atomic E-state index is -0.526. The summed E-state index contributed by atoms with van der Waals surface area (Å²) < 4.78 is 13.6. The second kappa shape index (κ2) is 15.7. The van der Waals surface area contributed by atoms with Gasteiger partial charge in [-0.05, 0) is 52.8 Å². The third-order valence-corrected chi connectivity index (χ3v) is 9.73. The zero-order chi connectivity index (χ0) is 32.6. The van der Waals surface area contributed by atoms with E-state index >= 15 is 0 Å². The molecule has 6 nitrogen and oxygen atoms in total. The SMILES string of the molecule is C=CCN(C[C@@H]1O[C@H](c2ccc(-c3ccccc3CNC(=O)c3ccccc3)cc2)O[C@H](c2ccc(CO)cc2)[C@@H]1C)C1CCCC1. The molecule has 1 saturated carbocycles. The number of ether oxygens (including phenoxy) is 2. The molecule has 4 aromatic rings. The second-order valence-electron chi connectivity index (χ2n) is 12.8. The lowest BCUT2D eigenvalue weighted by atomic mass is 9.89. The molecule has 2 fully saturated rings. The van der Waals surface area contributed by atoms with E-state index in [1.54, 1.807) is 0 Å². The largest absolute Gasteiger partial charge is 0.392 e. The zero-order valence-corrected chi connectivity index (χ0v) is 27.3. The Kier molecular flexibility index (Phi) is 11.0. The van der Waals surface area contributed by atoms with Crippen LogP contribution in [-0.2, 0) is 22.6 Å². The molecule has 0 spiro atoms. The summed E-state index contributed by atoms with van der Waals surface area (Å²) in [4.78, 5) is 15.3. The normalized spacial score (nSPS) is 21.5. The molecule has 2 aliphatic rings.